The Morgan fingerprint density at radius 3 is 2.26 bits per heavy atom. The summed E-state index contributed by atoms with van der Waals surface area (Å²) in [6, 6.07) is 6.88. The van der Waals surface area contributed by atoms with Gasteiger partial charge in [-0.2, -0.15) is 0 Å². The van der Waals surface area contributed by atoms with Crippen LogP contribution in [0.1, 0.15) is 12.5 Å². The summed E-state index contributed by atoms with van der Waals surface area (Å²) in [5, 5.41) is 0.117. The van der Waals surface area contributed by atoms with Crippen LogP contribution in [-0.4, -0.2) is 70.4 Å². The second-order valence-electron chi connectivity index (χ2n) is 6.21. The molecule has 1 aromatic rings. The zero-order valence-corrected chi connectivity index (χ0v) is 16.3. The lowest BCUT2D eigenvalue weighted by Crippen LogP contribution is -2.52. The molecule has 9 heteroatoms. The second kappa shape index (κ2) is 8.14. The van der Waals surface area contributed by atoms with E-state index >= 15 is 0 Å². The summed E-state index contributed by atoms with van der Waals surface area (Å²) >= 11 is 6.66. The van der Waals surface area contributed by atoms with Crippen LogP contribution in [0.3, 0.4) is 0 Å². The molecular formula is C18H18ClN3O4S. The normalized spacial score (nSPS) is 19.2. The van der Waals surface area contributed by atoms with Gasteiger partial charge in [0.05, 0.1) is 4.91 Å². The first-order valence-corrected chi connectivity index (χ1v) is 9.59. The van der Waals surface area contributed by atoms with Crippen molar-refractivity contribution in [3.05, 3.63) is 39.8 Å². The Bertz CT molecular complexity index is 816. The lowest BCUT2D eigenvalue weighted by atomic mass is 10.2. The van der Waals surface area contributed by atoms with E-state index in [0.717, 1.165) is 22.2 Å². The largest absolute Gasteiger partial charge is 0.339 e. The number of carbonyl (C=O) groups excluding carboxylic acids is 4. The van der Waals surface area contributed by atoms with E-state index in [9.17, 15) is 19.2 Å². The van der Waals surface area contributed by atoms with Gasteiger partial charge >= 0.3 is 0 Å². The maximum Gasteiger partial charge on any atom is 0.294 e. The zero-order chi connectivity index (χ0) is 19.6. The number of thioether (sulfide) groups is 1. The minimum atomic E-state index is -0.476. The Hall–Kier alpha value is -2.32. The van der Waals surface area contributed by atoms with E-state index in [1.807, 2.05) is 0 Å². The first-order chi connectivity index (χ1) is 12.8. The van der Waals surface area contributed by atoms with Gasteiger partial charge in [-0.05, 0) is 35.5 Å². The van der Waals surface area contributed by atoms with Gasteiger partial charge in [0.25, 0.3) is 11.1 Å². The van der Waals surface area contributed by atoms with Gasteiger partial charge in [-0.1, -0.05) is 23.7 Å². The van der Waals surface area contributed by atoms with Gasteiger partial charge in [0, 0.05) is 38.1 Å². The van der Waals surface area contributed by atoms with E-state index < -0.39 is 11.1 Å². The first-order valence-electron chi connectivity index (χ1n) is 8.39. The van der Waals surface area contributed by atoms with E-state index in [-0.39, 0.29) is 23.3 Å². The summed E-state index contributed by atoms with van der Waals surface area (Å²) < 4.78 is 0. The summed E-state index contributed by atoms with van der Waals surface area (Å²) in [6.45, 7) is 2.91. The average Bonchev–Trinajstić information content (AvgIpc) is 2.91. The van der Waals surface area contributed by atoms with Gasteiger partial charge < -0.3 is 9.80 Å². The average molecular weight is 408 g/mol. The van der Waals surface area contributed by atoms with Gasteiger partial charge in [0.1, 0.15) is 6.54 Å². The summed E-state index contributed by atoms with van der Waals surface area (Å²) in [5.74, 6) is -0.802. The van der Waals surface area contributed by atoms with Crippen LogP contribution in [0.5, 0.6) is 0 Å². The van der Waals surface area contributed by atoms with Crippen molar-refractivity contribution >= 4 is 52.4 Å². The molecular weight excluding hydrogens is 390 g/mol. The summed E-state index contributed by atoms with van der Waals surface area (Å²) in [4.78, 5) is 53.0. The quantitative estimate of drug-likeness (QED) is 0.717. The third-order valence-corrected chi connectivity index (χ3v) is 5.57. The molecule has 27 heavy (non-hydrogen) atoms. The van der Waals surface area contributed by atoms with E-state index in [1.165, 1.54) is 6.92 Å². The highest BCUT2D eigenvalue weighted by molar-refractivity contribution is 8.18. The van der Waals surface area contributed by atoms with Crippen molar-refractivity contribution in [3.8, 4) is 0 Å². The second-order valence-corrected chi connectivity index (χ2v) is 7.64. The van der Waals surface area contributed by atoms with Crippen molar-refractivity contribution in [1.29, 1.82) is 0 Å². The number of hydrogen-bond donors (Lipinski definition) is 0. The van der Waals surface area contributed by atoms with E-state index in [0.29, 0.717) is 31.2 Å². The first kappa shape index (κ1) is 19.4. The zero-order valence-electron chi connectivity index (χ0n) is 14.7. The van der Waals surface area contributed by atoms with Crippen LogP contribution in [0.25, 0.3) is 6.08 Å². The molecule has 0 aromatic heterocycles. The smallest absolute Gasteiger partial charge is 0.294 e. The summed E-state index contributed by atoms with van der Waals surface area (Å²) in [6.07, 6.45) is 1.61. The van der Waals surface area contributed by atoms with E-state index in [4.69, 9.17) is 11.6 Å². The molecule has 3 rings (SSSR count). The molecule has 2 heterocycles. The molecule has 1 aromatic carbocycles. The van der Waals surface area contributed by atoms with Crippen LogP contribution in [0, 0.1) is 0 Å². The molecule has 2 fully saturated rings. The molecule has 0 unspecified atom stereocenters. The molecule has 0 N–H and O–H groups in total. The fourth-order valence-corrected chi connectivity index (χ4v) is 3.82. The molecule has 0 bridgehead atoms. The highest BCUT2D eigenvalue weighted by Crippen LogP contribution is 2.32. The number of carbonyl (C=O) groups is 4. The maximum absolute atomic E-state index is 12.5. The maximum atomic E-state index is 12.5. The molecule has 2 saturated heterocycles. The van der Waals surface area contributed by atoms with Crippen molar-refractivity contribution < 1.29 is 19.2 Å². The van der Waals surface area contributed by atoms with E-state index in [1.54, 1.807) is 40.1 Å². The molecule has 0 aliphatic carbocycles. The van der Waals surface area contributed by atoms with Crippen LogP contribution in [-0.2, 0) is 14.4 Å². The summed E-state index contributed by atoms with van der Waals surface area (Å²) in [7, 11) is 0. The molecule has 7 nitrogen and oxygen atoms in total. The van der Waals surface area contributed by atoms with Crippen molar-refractivity contribution in [3.63, 3.8) is 0 Å². The molecule has 4 amide bonds. The minimum Gasteiger partial charge on any atom is -0.339 e. The third kappa shape index (κ3) is 4.51. The number of hydrogen-bond acceptors (Lipinski definition) is 5. The van der Waals surface area contributed by atoms with Gasteiger partial charge in [-0.15, -0.1) is 0 Å². The Balaban J connectivity index is 1.63. The molecule has 2 aliphatic heterocycles. The van der Waals surface area contributed by atoms with Crippen molar-refractivity contribution in [2.24, 2.45) is 0 Å². The van der Waals surface area contributed by atoms with Crippen LogP contribution < -0.4 is 0 Å². The number of rotatable bonds is 3. The van der Waals surface area contributed by atoms with Gasteiger partial charge in [0.15, 0.2) is 0 Å². The van der Waals surface area contributed by atoms with Crippen LogP contribution >= 0.6 is 23.4 Å². The number of amides is 4. The van der Waals surface area contributed by atoms with Crippen molar-refractivity contribution in [2.75, 3.05) is 32.7 Å². The third-order valence-electron chi connectivity index (χ3n) is 4.41. The SMILES string of the molecule is CC(=O)N1CCN(C(=O)CN2C(=O)S/C(=C/c3ccc(Cl)cc3)C2=O)CC1. The lowest BCUT2D eigenvalue weighted by molar-refractivity contribution is -0.140. The Morgan fingerprint density at radius 1 is 1.07 bits per heavy atom. The number of piperazine rings is 1. The fraction of sp³-hybridized carbons (Fsp3) is 0.333. The Labute approximate surface area is 165 Å². The lowest BCUT2D eigenvalue weighted by Gasteiger charge is -2.34. The Kier molecular flexibility index (Phi) is 5.86. The molecule has 0 spiro atoms. The van der Waals surface area contributed by atoms with E-state index in [2.05, 4.69) is 0 Å². The molecule has 2 aliphatic rings. The molecule has 142 valence electrons. The molecule has 0 atom stereocenters. The van der Waals surface area contributed by atoms with Gasteiger partial charge in [-0.3, -0.25) is 24.1 Å². The number of benzene rings is 1. The van der Waals surface area contributed by atoms with Gasteiger partial charge in [0.2, 0.25) is 11.8 Å². The highest BCUT2D eigenvalue weighted by atomic mass is 35.5. The Morgan fingerprint density at radius 2 is 1.67 bits per heavy atom. The van der Waals surface area contributed by atoms with Crippen LogP contribution in [0.15, 0.2) is 29.2 Å². The van der Waals surface area contributed by atoms with Crippen LogP contribution in [0.2, 0.25) is 5.02 Å². The predicted octanol–water partition coefficient (Wildman–Crippen LogP) is 2.07. The summed E-state index contributed by atoms with van der Waals surface area (Å²) in [5.41, 5.74) is 0.747. The standard InChI is InChI=1S/C18H18ClN3O4S/c1-12(23)20-6-8-21(9-7-20)16(24)11-22-17(25)15(27-18(22)26)10-13-2-4-14(19)5-3-13/h2-5,10H,6-9,11H2,1H3/b15-10+. The monoisotopic (exact) mass is 407 g/mol. The minimum absolute atomic E-state index is 0.0274. The molecule has 0 radical (unpaired) electrons. The number of nitrogens with zero attached hydrogens (tertiary/aromatic N) is 3. The predicted molar refractivity (Wildman–Crippen MR) is 103 cm³/mol. The van der Waals surface area contributed by atoms with Gasteiger partial charge in [-0.25, -0.2) is 0 Å². The van der Waals surface area contributed by atoms with Crippen LogP contribution in [0.4, 0.5) is 4.79 Å². The fourth-order valence-electron chi connectivity index (χ4n) is 2.85. The van der Waals surface area contributed by atoms with Crippen molar-refractivity contribution in [1.82, 2.24) is 14.7 Å². The molecule has 0 saturated carbocycles. The number of imide groups is 1. The number of halogens is 1. The van der Waals surface area contributed by atoms with Crippen molar-refractivity contribution in [2.45, 2.75) is 6.92 Å². The topological polar surface area (TPSA) is 78.0 Å². The highest BCUT2D eigenvalue weighted by Gasteiger charge is 2.37.